The van der Waals surface area contributed by atoms with Crippen molar-refractivity contribution in [3.63, 3.8) is 0 Å². The SMILES string of the molecule is Cn1cc(CC2(C=O)CCC2)cn1. The molecule has 2 rings (SSSR count). The van der Waals surface area contributed by atoms with E-state index in [1.165, 1.54) is 12.0 Å². The minimum Gasteiger partial charge on any atom is -0.303 e. The van der Waals surface area contributed by atoms with Crippen LogP contribution in [0.2, 0.25) is 0 Å². The summed E-state index contributed by atoms with van der Waals surface area (Å²) in [6, 6.07) is 0. The fourth-order valence-electron chi connectivity index (χ4n) is 1.94. The quantitative estimate of drug-likeness (QED) is 0.654. The Morgan fingerprint density at radius 3 is 2.85 bits per heavy atom. The molecule has 0 N–H and O–H groups in total. The van der Waals surface area contributed by atoms with Crippen molar-refractivity contribution in [1.82, 2.24) is 9.78 Å². The average Bonchev–Trinajstić information content (AvgIpc) is 2.44. The van der Waals surface area contributed by atoms with Gasteiger partial charge in [-0.1, -0.05) is 6.42 Å². The molecule has 1 aromatic heterocycles. The van der Waals surface area contributed by atoms with Gasteiger partial charge in [0.05, 0.1) is 6.20 Å². The number of hydrogen-bond donors (Lipinski definition) is 0. The van der Waals surface area contributed by atoms with Gasteiger partial charge in [-0.3, -0.25) is 4.68 Å². The Labute approximate surface area is 77.7 Å². The first kappa shape index (κ1) is 8.48. The first-order chi connectivity index (χ1) is 6.24. The number of carbonyl (C=O) groups is 1. The lowest BCUT2D eigenvalue weighted by Gasteiger charge is -2.36. The van der Waals surface area contributed by atoms with Crippen molar-refractivity contribution >= 4 is 6.29 Å². The van der Waals surface area contributed by atoms with Gasteiger partial charge in [-0.25, -0.2) is 0 Å². The van der Waals surface area contributed by atoms with Crippen molar-refractivity contribution in [1.29, 1.82) is 0 Å². The second kappa shape index (κ2) is 2.98. The van der Waals surface area contributed by atoms with Gasteiger partial charge in [0.2, 0.25) is 0 Å². The molecule has 0 unspecified atom stereocenters. The molecule has 1 heterocycles. The van der Waals surface area contributed by atoms with E-state index in [1.807, 2.05) is 19.4 Å². The molecule has 3 heteroatoms. The predicted molar refractivity (Wildman–Crippen MR) is 49.3 cm³/mol. The van der Waals surface area contributed by atoms with Gasteiger partial charge < -0.3 is 4.79 Å². The summed E-state index contributed by atoms with van der Waals surface area (Å²) in [5.74, 6) is 0. The lowest BCUT2D eigenvalue weighted by Crippen LogP contribution is -2.33. The van der Waals surface area contributed by atoms with Crippen LogP contribution in [0.15, 0.2) is 12.4 Å². The average molecular weight is 178 g/mol. The van der Waals surface area contributed by atoms with E-state index >= 15 is 0 Å². The molecule has 1 aliphatic rings. The first-order valence-corrected chi connectivity index (χ1v) is 4.68. The second-order valence-electron chi connectivity index (χ2n) is 4.03. The highest BCUT2D eigenvalue weighted by Crippen LogP contribution is 2.41. The molecular weight excluding hydrogens is 164 g/mol. The highest BCUT2D eigenvalue weighted by molar-refractivity contribution is 5.61. The van der Waals surface area contributed by atoms with Gasteiger partial charge in [0.25, 0.3) is 0 Å². The molecule has 0 spiro atoms. The van der Waals surface area contributed by atoms with Crippen LogP contribution in [0.4, 0.5) is 0 Å². The molecule has 0 bridgehead atoms. The standard InChI is InChI=1S/C10H14N2O/c1-12-7-9(6-11-12)5-10(8-13)3-2-4-10/h6-8H,2-5H2,1H3. The summed E-state index contributed by atoms with van der Waals surface area (Å²) in [6.07, 6.45) is 9.12. The molecule has 0 radical (unpaired) electrons. The van der Waals surface area contributed by atoms with Gasteiger partial charge in [-0.2, -0.15) is 5.10 Å². The van der Waals surface area contributed by atoms with E-state index in [1.54, 1.807) is 4.68 Å². The van der Waals surface area contributed by atoms with Crippen LogP contribution in [0.1, 0.15) is 24.8 Å². The van der Waals surface area contributed by atoms with Crippen molar-refractivity contribution in [2.24, 2.45) is 12.5 Å². The van der Waals surface area contributed by atoms with Crippen LogP contribution in [0.3, 0.4) is 0 Å². The van der Waals surface area contributed by atoms with Gasteiger partial charge in [0.1, 0.15) is 6.29 Å². The fraction of sp³-hybridized carbons (Fsp3) is 0.600. The molecule has 0 aliphatic heterocycles. The van der Waals surface area contributed by atoms with E-state index in [4.69, 9.17) is 0 Å². The zero-order valence-corrected chi connectivity index (χ0v) is 7.86. The number of hydrogen-bond acceptors (Lipinski definition) is 2. The van der Waals surface area contributed by atoms with Crippen molar-refractivity contribution in [2.45, 2.75) is 25.7 Å². The largest absolute Gasteiger partial charge is 0.303 e. The highest BCUT2D eigenvalue weighted by Gasteiger charge is 2.36. The zero-order valence-electron chi connectivity index (χ0n) is 7.86. The smallest absolute Gasteiger partial charge is 0.126 e. The van der Waals surface area contributed by atoms with Crippen LogP contribution in [0.5, 0.6) is 0 Å². The van der Waals surface area contributed by atoms with Crippen molar-refractivity contribution in [3.8, 4) is 0 Å². The Hall–Kier alpha value is -1.12. The van der Waals surface area contributed by atoms with Gasteiger partial charge in [0, 0.05) is 18.7 Å². The molecule has 70 valence electrons. The number of nitrogens with zero attached hydrogens (tertiary/aromatic N) is 2. The summed E-state index contributed by atoms with van der Waals surface area (Å²) in [6.45, 7) is 0. The van der Waals surface area contributed by atoms with Crippen LogP contribution in [-0.2, 0) is 18.3 Å². The lowest BCUT2D eigenvalue weighted by atomic mass is 9.67. The maximum atomic E-state index is 10.9. The Balaban J connectivity index is 2.08. The molecule has 13 heavy (non-hydrogen) atoms. The number of aromatic nitrogens is 2. The summed E-state index contributed by atoms with van der Waals surface area (Å²) in [7, 11) is 1.90. The summed E-state index contributed by atoms with van der Waals surface area (Å²) in [5.41, 5.74) is 1.12. The van der Waals surface area contributed by atoms with Crippen LogP contribution in [0.25, 0.3) is 0 Å². The number of aryl methyl sites for hydroxylation is 1. The van der Waals surface area contributed by atoms with E-state index in [2.05, 4.69) is 5.10 Å². The van der Waals surface area contributed by atoms with Gasteiger partial charge in [-0.05, 0) is 24.8 Å². The van der Waals surface area contributed by atoms with Crippen LogP contribution >= 0.6 is 0 Å². The molecule has 0 saturated heterocycles. The summed E-state index contributed by atoms with van der Waals surface area (Å²) in [4.78, 5) is 10.9. The minimum atomic E-state index is -0.0525. The van der Waals surface area contributed by atoms with Gasteiger partial charge in [0.15, 0.2) is 0 Å². The third-order valence-electron chi connectivity index (χ3n) is 2.91. The molecule has 1 saturated carbocycles. The molecule has 3 nitrogen and oxygen atoms in total. The normalized spacial score (nSPS) is 19.5. The number of aldehydes is 1. The maximum Gasteiger partial charge on any atom is 0.126 e. The molecule has 1 aromatic rings. The first-order valence-electron chi connectivity index (χ1n) is 4.68. The minimum absolute atomic E-state index is 0.0525. The van der Waals surface area contributed by atoms with Crippen molar-refractivity contribution < 1.29 is 4.79 Å². The van der Waals surface area contributed by atoms with Crippen molar-refractivity contribution in [2.75, 3.05) is 0 Å². The van der Waals surface area contributed by atoms with E-state index < -0.39 is 0 Å². The van der Waals surface area contributed by atoms with Crippen molar-refractivity contribution in [3.05, 3.63) is 18.0 Å². The number of rotatable bonds is 3. The third-order valence-corrected chi connectivity index (χ3v) is 2.91. The van der Waals surface area contributed by atoms with E-state index in [0.29, 0.717) is 0 Å². The Morgan fingerprint density at radius 1 is 1.69 bits per heavy atom. The van der Waals surface area contributed by atoms with Crippen LogP contribution < -0.4 is 0 Å². The van der Waals surface area contributed by atoms with Gasteiger partial charge in [-0.15, -0.1) is 0 Å². The Kier molecular flexibility index (Phi) is 1.94. The Morgan fingerprint density at radius 2 is 2.46 bits per heavy atom. The van der Waals surface area contributed by atoms with E-state index in [-0.39, 0.29) is 5.41 Å². The topological polar surface area (TPSA) is 34.9 Å². The third kappa shape index (κ3) is 1.50. The second-order valence-corrected chi connectivity index (χ2v) is 4.03. The molecule has 0 aromatic carbocycles. The van der Waals surface area contributed by atoms with Crippen LogP contribution in [0, 0.1) is 5.41 Å². The monoisotopic (exact) mass is 178 g/mol. The van der Waals surface area contributed by atoms with E-state index in [0.717, 1.165) is 25.5 Å². The summed E-state index contributed by atoms with van der Waals surface area (Å²) >= 11 is 0. The zero-order chi connectivity index (χ0) is 9.31. The summed E-state index contributed by atoms with van der Waals surface area (Å²) in [5, 5.41) is 4.09. The fourth-order valence-corrected chi connectivity index (χ4v) is 1.94. The molecule has 1 aliphatic carbocycles. The number of carbonyl (C=O) groups excluding carboxylic acids is 1. The summed E-state index contributed by atoms with van der Waals surface area (Å²) < 4.78 is 1.78. The predicted octanol–water partition coefficient (Wildman–Crippen LogP) is 1.33. The maximum absolute atomic E-state index is 10.9. The Bertz CT molecular complexity index is 312. The van der Waals surface area contributed by atoms with Crippen LogP contribution in [-0.4, -0.2) is 16.1 Å². The lowest BCUT2D eigenvalue weighted by molar-refractivity contribution is -0.120. The van der Waals surface area contributed by atoms with E-state index in [9.17, 15) is 4.79 Å². The molecule has 0 atom stereocenters. The molecule has 0 amide bonds. The highest BCUT2D eigenvalue weighted by atomic mass is 16.1. The molecule has 1 fully saturated rings. The van der Waals surface area contributed by atoms with Gasteiger partial charge >= 0.3 is 0 Å². The molecular formula is C10H14N2O.